The van der Waals surface area contributed by atoms with Crippen molar-refractivity contribution in [3.05, 3.63) is 23.8 Å². The highest BCUT2D eigenvalue weighted by molar-refractivity contribution is 5.15. The minimum absolute atomic E-state index is 0.598. The van der Waals surface area contributed by atoms with Crippen molar-refractivity contribution in [2.75, 3.05) is 40.3 Å². The third kappa shape index (κ3) is 3.77. The lowest BCUT2D eigenvalue weighted by Gasteiger charge is -2.32. The first-order valence-corrected chi connectivity index (χ1v) is 9.75. The fourth-order valence-electron chi connectivity index (χ4n) is 5.19. The third-order valence-electron chi connectivity index (χ3n) is 6.64. The number of nitrogens with one attached hydrogen (secondary N) is 4. The van der Waals surface area contributed by atoms with Crippen molar-refractivity contribution in [3.8, 4) is 0 Å². The minimum atomic E-state index is 0.598. The Morgan fingerprint density at radius 3 is 2.29 bits per heavy atom. The van der Waals surface area contributed by atoms with Gasteiger partial charge in [0.1, 0.15) is 0 Å². The quantitative estimate of drug-likeness (QED) is 0.577. The Balaban J connectivity index is 0.000000141. The van der Waals surface area contributed by atoms with E-state index in [9.17, 15) is 0 Å². The van der Waals surface area contributed by atoms with Crippen LogP contribution < -0.4 is 21.3 Å². The van der Waals surface area contributed by atoms with Gasteiger partial charge in [0.05, 0.1) is 0 Å². The molecular weight excluding hydrogens is 296 g/mol. The molecule has 2 fully saturated rings. The molecule has 0 amide bonds. The summed E-state index contributed by atoms with van der Waals surface area (Å²) in [5.74, 6) is 4.14. The molecule has 2 aliphatic heterocycles. The first-order valence-electron chi connectivity index (χ1n) is 9.75. The maximum atomic E-state index is 3.48. The SMILES string of the molecule is CNC1C=C(C)CC2CNCC21.CNC1C=CC(C)C2CNCC12. The molecule has 7 atom stereocenters. The topological polar surface area (TPSA) is 48.1 Å². The second-order valence-corrected chi connectivity index (χ2v) is 8.16. The Labute approximate surface area is 147 Å². The Hall–Kier alpha value is -0.680. The summed E-state index contributed by atoms with van der Waals surface area (Å²) in [6, 6.07) is 1.21. The molecular formula is C20H36N4. The van der Waals surface area contributed by atoms with E-state index in [0.29, 0.717) is 12.1 Å². The lowest BCUT2D eigenvalue weighted by Crippen LogP contribution is -2.40. The predicted octanol–water partition coefficient (Wildman–Crippen LogP) is 1.38. The van der Waals surface area contributed by atoms with Crippen LogP contribution >= 0.6 is 0 Å². The third-order valence-corrected chi connectivity index (χ3v) is 6.64. The van der Waals surface area contributed by atoms with Gasteiger partial charge in [-0.05, 0) is 70.1 Å². The van der Waals surface area contributed by atoms with Crippen LogP contribution in [0.25, 0.3) is 0 Å². The normalized spacial score (nSPS) is 43.5. The van der Waals surface area contributed by atoms with E-state index in [1.807, 2.05) is 0 Å². The molecule has 4 nitrogen and oxygen atoms in total. The maximum Gasteiger partial charge on any atom is 0.0293 e. The summed E-state index contributed by atoms with van der Waals surface area (Å²) in [6.07, 6.45) is 8.39. The smallest absolute Gasteiger partial charge is 0.0293 e. The number of rotatable bonds is 2. The second kappa shape index (κ2) is 8.13. The molecule has 0 radical (unpaired) electrons. The summed E-state index contributed by atoms with van der Waals surface area (Å²) >= 11 is 0. The average molecular weight is 333 g/mol. The van der Waals surface area contributed by atoms with E-state index in [0.717, 1.165) is 29.6 Å². The molecule has 2 saturated heterocycles. The standard InChI is InChI=1S/2C10H18N2/c1-7-3-8-5-12-6-9(8)10(4-7)11-2;1-7-3-4-10(11-2)9-6-12-5-8(7)9/h4,8-12H,3,5-6H2,1-2H3;3-4,7-12H,5-6H2,1-2H3. The molecule has 24 heavy (non-hydrogen) atoms. The van der Waals surface area contributed by atoms with Crippen molar-refractivity contribution in [3.63, 3.8) is 0 Å². The molecule has 0 spiro atoms. The zero-order chi connectivity index (χ0) is 17.1. The van der Waals surface area contributed by atoms with Crippen LogP contribution in [0.5, 0.6) is 0 Å². The molecule has 4 heteroatoms. The molecule has 4 rings (SSSR count). The number of allylic oxidation sites excluding steroid dienone is 2. The van der Waals surface area contributed by atoms with Crippen LogP contribution in [0.1, 0.15) is 20.3 Å². The van der Waals surface area contributed by atoms with E-state index in [1.54, 1.807) is 5.57 Å². The fourth-order valence-corrected chi connectivity index (χ4v) is 5.19. The van der Waals surface area contributed by atoms with Gasteiger partial charge in [-0.25, -0.2) is 0 Å². The van der Waals surface area contributed by atoms with E-state index in [4.69, 9.17) is 0 Å². The van der Waals surface area contributed by atoms with Crippen molar-refractivity contribution < 1.29 is 0 Å². The van der Waals surface area contributed by atoms with Crippen LogP contribution in [-0.4, -0.2) is 52.4 Å². The molecule has 7 unspecified atom stereocenters. The molecule has 0 bridgehead atoms. The highest BCUT2D eigenvalue weighted by Gasteiger charge is 2.37. The van der Waals surface area contributed by atoms with E-state index in [2.05, 4.69) is 67.4 Å². The van der Waals surface area contributed by atoms with Crippen LogP contribution in [0.4, 0.5) is 0 Å². The zero-order valence-electron chi connectivity index (χ0n) is 15.8. The van der Waals surface area contributed by atoms with Gasteiger partial charge in [0.2, 0.25) is 0 Å². The van der Waals surface area contributed by atoms with Crippen LogP contribution in [0, 0.1) is 29.6 Å². The van der Waals surface area contributed by atoms with Gasteiger partial charge in [0, 0.05) is 25.2 Å². The summed E-state index contributed by atoms with van der Waals surface area (Å²) < 4.78 is 0. The molecule has 0 saturated carbocycles. The van der Waals surface area contributed by atoms with Gasteiger partial charge in [-0.15, -0.1) is 0 Å². The van der Waals surface area contributed by atoms with Crippen LogP contribution in [-0.2, 0) is 0 Å². The average Bonchev–Trinajstić information content (AvgIpc) is 3.24. The second-order valence-electron chi connectivity index (χ2n) is 8.16. The number of fused-ring (bicyclic) bond motifs is 2. The Bertz CT molecular complexity index is 472. The molecule has 0 aromatic rings. The molecule has 2 heterocycles. The van der Waals surface area contributed by atoms with Crippen molar-refractivity contribution in [1.82, 2.24) is 21.3 Å². The molecule has 4 N–H and O–H groups in total. The lowest BCUT2D eigenvalue weighted by molar-refractivity contribution is 0.284. The van der Waals surface area contributed by atoms with Gasteiger partial charge in [0.25, 0.3) is 0 Å². The number of hydrogen-bond acceptors (Lipinski definition) is 4. The van der Waals surface area contributed by atoms with E-state index < -0.39 is 0 Å². The number of likely N-dealkylation sites (N-methyl/N-ethyl adjacent to an activating group) is 2. The zero-order valence-corrected chi connectivity index (χ0v) is 15.8. The fraction of sp³-hybridized carbons (Fsp3) is 0.800. The lowest BCUT2D eigenvalue weighted by atomic mass is 9.76. The van der Waals surface area contributed by atoms with Gasteiger partial charge in [-0.1, -0.05) is 30.7 Å². The van der Waals surface area contributed by atoms with Crippen molar-refractivity contribution >= 4 is 0 Å². The molecule has 136 valence electrons. The molecule has 0 aromatic heterocycles. The van der Waals surface area contributed by atoms with Crippen molar-refractivity contribution in [2.45, 2.75) is 32.4 Å². The monoisotopic (exact) mass is 332 g/mol. The summed E-state index contributed by atoms with van der Waals surface area (Å²) in [5, 5.41) is 13.7. The summed E-state index contributed by atoms with van der Waals surface area (Å²) in [5.41, 5.74) is 1.55. The molecule has 0 aromatic carbocycles. The molecule has 4 aliphatic rings. The Morgan fingerprint density at radius 2 is 1.54 bits per heavy atom. The summed E-state index contributed by atoms with van der Waals surface area (Å²) in [4.78, 5) is 0. The largest absolute Gasteiger partial charge is 0.316 e. The first kappa shape index (κ1) is 18.1. The van der Waals surface area contributed by atoms with Gasteiger partial charge in [-0.3, -0.25) is 0 Å². The summed E-state index contributed by atoms with van der Waals surface area (Å²) in [6.45, 7) is 9.37. The highest BCUT2D eigenvalue weighted by Crippen LogP contribution is 2.33. The van der Waals surface area contributed by atoms with Crippen molar-refractivity contribution in [1.29, 1.82) is 0 Å². The Kier molecular flexibility index (Phi) is 6.14. The van der Waals surface area contributed by atoms with Gasteiger partial charge < -0.3 is 21.3 Å². The first-order chi connectivity index (χ1) is 11.6. The summed E-state index contributed by atoms with van der Waals surface area (Å²) in [7, 11) is 4.12. The van der Waals surface area contributed by atoms with Crippen molar-refractivity contribution in [2.24, 2.45) is 29.6 Å². The molecule has 2 aliphatic carbocycles. The maximum absolute atomic E-state index is 3.48. The Morgan fingerprint density at radius 1 is 0.875 bits per heavy atom. The predicted molar refractivity (Wildman–Crippen MR) is 102 cm³/mol. The van der Waals surface area contributed by atoms with Crippen LogP contribution in [0.15, 0.2) is 23.8 Å². The van der Waals surface area contributed by atoms with E-state index in [1.165, 1.54) is 32.6 Å². The van der Waals surface area contributed by atoms with E-state index in [-0.39, 0.29) is 0 Å². The van der Waals surface area contributed by atoms with Gasteiger partial charge in [0.15, 0.2) is 0 Å². The number of hydrogen-bond donors (Lipinski definition) is 4. The minimum Gasteiger partial charge on any atom is -0.316 e. The van der Waals surface area contributed by atoms with Crippen LogP contribution in [0.2, 0.25) is 0 Å². The van der Waals surface area contributed by atoms with E-state index >= 15 is 0 Å². The van der Waals surface area contributed by atoms with Gasteiger partial charge in [-0.2, -0.15) is 0 Å². The highest BCUT2D eigenvalue weighted by atomic mass is 15.0. The van der Waals surface area contributed by atoms with Gasteiger partial charge >= 0.3 is 0 Å². The van der Waals surface area contributed by atoms with Crippen LogP contribution in [0.3, 0.4) is 0 Å².